The van der Waals surface area contributed by atoms with Crippen molar-refractivity contribution in [2.75, 3.05) is 0 Å². The summed E-state index contributed by atoms with van der Waals surface area (Å²) in [7, 11) is 0. The summed E-state index contributed by atoms with van der Waals surface area (Å²) in [6.45, 7) is 0.513. The van der Waals surface area contributed by atoms with E-state index in [4.69, 9.17) is 0 Å². The fraction of sp³-hybridized carbons (Fsp3) is 0.0556. The van der Waals surface area contributed by atoms with E-state index >= 15 is 0 Å². The summed E-state index contributed by atoms with van der Waals surface area (Å²) in [4.78, 5) is 13.8. The van der Waals surface area contributed by atoms with Crippen LogP contribution < -0.4 is 5.32 Å². The molecule has 0 saturated heterocycles. The van der Waals surface area contributed by atoms with Crippen LogP contribution in [0, 0.1) is 0 Å². The van der Waals surface area contributed by atoms with Gasteiger partial charge in [0, 0.05) is 11.4 Å². The molecule has 0 aliphatic carbocycles. The molecule has 3 rings (SSSR count). The number of amides is 1. The molecule has 1 amide bonds. The maximum Gasteiger partial charge on any atom is 0.261 e. The molecule has 0 aliphatic rings. The van der Waals surface area contributed by atoms with Gasteiger partial charge in [0.2, 0.25) is 0 Å². The molecule has 1 heterocycles. The maximum absolute atomic E-state index is 12.2. The van der Waals surface area contributed by atoms with Crippen molar-refractivity contribution in [3.05, 3.63) is 77.2 Å². The van der Waals surface area contributed by atoms with Crippen molar-refractivity contribution in [2.45, 2.75) is 6.54 Å². The quantitative estimate of drug-likeness (QED) is 0.764. The average molecular weight is 309 g/mol. The summed E-state index contributed by atoms with van der Waals surface area (Å²) in [5.74, 6) is 0.140. The largest absolute Gasteiger partial charge is 0.508 e. The zero-order chi connectivity index (χ0) is 15.4. The minimum atomic E-state index is -0.0831. The summed E-state index contributed by atoms with van der Waals surface area (Å²) in [5.41, 5.74) is 1.98. The van der Waals surface area contributed by atoms with E-state index in [1.54, 1.807) is 18.2 Å². The Morgan fingerprint density at radius 2 is 1.82 bits per heavy atom. The van der Waals surface area contributed by atoms with Gasteiger partial charge in [-0.25, -0.2) is 0 Å². The van der Waals surface area contributed by atoms with E-state index in [-0.39, 0.29) is 11.7 Å². The van der Waals surface area contributed by atoms with Crippen LogP contribution in [0.4, 0.5) is 0 Å². The van der Waals surface area contributed by atoms with Gasteiger partial charge >= 0.3 is 0 Å². The van der Waals surface area contributed by atoms with Crippen LogP contribution in [-0.4, -0.2) is 11.0 Å². The van der Waals surface area contributed by atoms with Gasteiger partial charge in [0.15, 0.2) is 0 Å². The topological polar surface area (TPSA) is 49.3 Å². The zero-order valence-corrected chi connectivity index (χ0v) is 12.6. The number of hydrogen-bond acceptors (Lipinski definition) is 3. The molecule has 0 fully saturated rings. The first-order chi connectivity index (χ1) is 10.7. The highest BCUT2D eigenvalue weighted by Gasteiger charge is 2.10. The van der Waals surface area contributed by atoms with Crippen molar-refractivity contribution in [3.63, 3.8) is 0 Å². The van der Waals surface area contributed by atoms with Crippen molar-refractivity contribution in [2.24, 2.45) is 0 Å². The van der Waals surface area contributed by atoms with Crippen LogP contribution >= 0.6 is 11.3 Å². The Labute approximate surface area is 132 Å². The number of phenolic OH excluding ortho intramolecular Hbond substituents is 1. The Balaban J connectivity index is 1.69. The average Bonchev–Trinajstić information content (AvgIpc) is 3.04. The monoisotopic (exact) mass is 309 g/mol. The number of hydrogen-bond donors (Lipinski definition) is 2. The van der Waals surface area contributed by atoms with Gasteiger partial charge in [-0.1, -0.05) is 42.5 Å². The third-order valence-electron chi connectivity index (χ3n) is 3.26. The van der Waals surface area contributed by atoms with Crippen LogP contribution in [0.2, 0.25) is 0 Å². The second kappa shape index (κ2) is 6.45. The van der Waals surface area contributed by atoms with Crippen molar-refractivity contribution < 1.29 is 9.90 Å². The van der Waals surface area contributed by atoms with E-state index in [1.807, 2.05) is 48.5 Å². The molecule has 3 nitrogen and oxygen atoms in total. The molecule has 22 heavy (non-hydrogen) atoms. The molecule has 110 valence electrons. The van der Waals surface area contributed by atoms with Crippen LogP contribution in [-0.2, 0) is 6.54 Å². The highest BCUT2D eigenvalue weighted by Crippen LogP contribution is 2.30. The summed E-state index contributed by atoms with van der Waals surface area (Å²) in [6, 6.07) is 20.5. The molecule has 4 heteroatoms. The van der Waals surface area contributed by atoms with Crippen molar-refractivity contribution in [1.82, 2.24) is 5.32 Å². The normalized spacial score (nSPS) is 10.4. The standard InChI is InChI=1S/C18H15NO2S/c20-15-8-4-7-14(11-15)16-9-10-17(22-16)18(21)19-12-13-5-2-1-3-6-13/h1-11,20H,12H2,(H,19,21). The number of carbonyl (C=O) groups is 1. The van der Waals surface area contributed by atoms with Gasteiger partial charge in [0.05, 0.1) is 4.88 Å². The molecule has 0 radical (unpaired) electrons. The number of nitrogens with one attached hydrogen (secondary N) is 1. The fourth-order valence-corrected chi connectivity index (χ4v) is 3.06. The Morgan fingerprint density at radius 1 is 1.00 bits per heavy atom. The lowest BCUT2D eigenvalue weighted by Crippen LogP contribution is -2.21. The number of aromatic hydroxyl groups is 1. The molecule has 0 atom stereocenters. The van der Waals surface area contributed by atoms with Gasteiger partial charge in [-0.2, -0.15) is 0 Å². The van der Waals surface area contributed by atoms with Crippen LogP contribution in [0.5, 0.6) is 5.75 Å². The van der Waals surface area contributed by atoms with Gasteiger partial charge in [0.1, 0.15) is 5.75 Å². The molecular formula is C18H15NO2S. The number of phenols is 1. The molecule has 0 bridgehead atoms. The van der Waals surface area contributed by atoms with E-state index in [2.05, 4.69) is 5.32 Å². The number of benzene rings is 2. The molecule has 3 aromatic rings. The third kappa shape index (κ3) is 3.35. The summed E-state index contributed by atoms with van der Waals surface area (Å²) >= 11 is 1.41. The highest BCUT2D eigenvalue weighted by molar-refractivity contribution is 7.17. The minimum absolute atomic E-state index is 0.0831. The van der Waals surface area contributed by atoms with E-state index in [0.717, 1.165) is 16.0 Å². The highest BCUT2D eigenvalue weighted by atomic mass is 32.1. The number of thiophene rings is 1. The second-order valence-electron chi connectivity index (χ2n) is 4.88. The second-order valence-corrected chi connectivity index (χ2v) is 5.97. The lowest BCUT2D eigenvalue weighted by atomic mass is 10.2. The first-order valence-electron chi connectivity index (χ1n) is 6.94. The van der Waals surface area contributed by atoms with E-state index in [9.17, 15) is 9.90 Å². The molecule has 1 aromatic heterocycles. The Morgan fingerprint density at radius 3 is 2.59 bits per heavy atom. The van der Waals surface area contributed by atoms with Crippen LogP contribution in [0.25, 0.3) is 10.4 Å². The van der Waals surface area contributed by atoms with Crippen LogP contribution in [0.1, 0.15) is 15.2 Å². The summed E-state index contributed by atoms with van der Waals surface area (Å²) in [6.07, 6.45) is 0. The predicted octanol–water partition coefficient (Wildman–Crippen LogP) is 4.05. The summed E-state index contributed by atoms with van der Waals surface area (Å²) in [5, 5.41) is 12.4. The smallest absolute Gasteiger partial charge is 0.261 e. The Kier molecular flexibility index (Phi) is 4.21. The lowest BCUT2D eigenvalue weighted by molar-refractivity contribution is 0.0955. The van der Waals surface area contributed by atoms with Gasteiger partial charge in [-0.3, -0.25) is 4.79 Å². The first-order valence-corrected chi connectivity index (χ1v) is 7.75. The van der Waals surface area contributed by atoms with Crippen LogP contribution in [0.3, 0.4) is 0 Å². The molecule has 2 N–H and O–H groups in total. The van der Waals surface area contributed by atoms with Gasteiger partial charge in [-0.15, -0.1) is 11.3 Å². The molecular weight excluding hydrogens is 294 g/mol. The zero-order valence-electron chi connectivity index (χ0n) is 11.8. The Bertz CT molecular complexity index is 781. The maximum atomic E-state index is 12.2. The van der Waals surface area contributed by atoms with E-state index in [1.165, 1.54) is 11.3 Å². The molecule has 2 aromatic carbocycles. The molecule has 0 saturated carbocycles. The van der Waals surface area contributed by atoms with Gasteiger partial charge in [0.25, 0.3) is 5.91 Å². The van der Waals surface area contributed by atoms with Crippen molar-refractivity contribution >= 4 is 17.2 Å². The first kappa shape index (κ1) is 14.4. The third-order valence-corrected chi connectivity index (χ3v) is 4.39. The summed E-state index contributed by atoms with van der Waals surface area (Å²) < 4.78 is 0. The van der Waals surface area contributed by atoms with Gasteiger partial charge in [-0.05, 0) is 35.4 Å². The van der Waals surface area contributed by atoms with E-state index < -0.39 is 0 Å². The van der Waals surface area contributed by atoms with E-state index in [0.29, 0.717) is 11.4 Å². The molecule has 0 aliphatic heterocycles. The number of rotatable bonds is 4. The van der Waals surface area contributed by atoms with Gasteiger partial charge < -0.3 is 10.4 Å². The van der Waals surface area contributed by atoms with Crippen molar-refractivity contribution in [1.29, 1.82) is 0 Å². The fourth-order valence-electron chi connectivity index (χ4n) is 2.14. The molecule has 0 unspecified atom stereocenters. The lowest BCUT2D eigenvalue weighted by Gasteiger charge is -2.03. The minimum Gasteiger partial charge on any atom is -0.508 e. The number of carbonyl (C=O) groups excluding carboxylic acids is 1. The Hall–Kier alpha value is -2.59. The predicted molar refractivity (Wildman–Crippen MR) is 89.0 cm³/mol. The van der Waals surface area contributed by atoms with Crippen molar-refractivity contribution in [3.8, 4) is 16.2 Å². The SMILES string of the molecule is O=C(NCc1ccccc1)c1ccc(-c2cccc(O)c2)s1. The van der Waals surface area contributed by atoms with Crippen LogP contribution in [0.15, 0.2) is 66.7 Å². The molecule has 0 spiro atoms.